The molecule has 0 bridgehead atoms. The number of pyridine rings is 1. The van der Waals surface area contributed by atoms with Crippen LogP contribution < -0.4 is 19.7 Å². The predicted molar refractivity (Wildman–Crippen MR) is 117 cm³/mol. The highest BCUT2D eigenvalue weighted by atomic mass is 32.1. The van der Waals surface area contributed by atoms with Crippen molar-refractivity contribution in [2.45, 2.75) is 18.6 Å². The Bertz CT molecular complexity index is 1060. The number of nitrogens with one attached hydrogen (secondary N) is 1. The lowest BCUT2D eigenvalue weighted by Crippen LogP contribution is -2.30. The molecule has 0 aliphatic carbocycles. The number of ether oxygens (including phenoxy) is 3. The van der Waals surface area contributed by atoms with Gasteiger partial charge in [0.05, 0.1) is 18.3 Å². The summed E-state index contributed by atoms with van der Waals surface area (Å²) in [5.74, 6) is 1.48. The molecule has 7 nitrogen and oxygen atoms in total. The molecule has 0 saturated carbocycles. The van der Waals surface area contributed by atoms with Gasteiger partial charge in [0.25, 0.3) is 0 Å². The molecule has 0 radical (unpaired) electrons. The second-order valence-electron chi connectivity index (χ2n) is 7.15. The standard InChI is InChI=1S/C22H22N4O3S/c1-27-12-11-25-10-4-6-17(25)21-20(16-5-2-3-9-23-16)24-22(30)26(21)15-7-8-18-19(13-15)29-14-28-18/h2-10,13,20-21H,11-12,14H2,1H3,(H,24,30)/t20-,21+/m1/s1. The number of hydrogen-bond acceptors (Lipinski definition) is 5. The Morgan fingerprint density at radius 3 is 2.90 bits per heavy atom. The molecule has 2 aliphatic heterocycles. The average molecular weight is 423 g/mol. The molecule has 1 aromatic carbocycles. The van der Waals surface area contributed by atoms with E-state index in [9.17, 15) is 0 Å². The molecule has 2 atom stereocenters. The fourth-order valence-corrected chi connectivity index (χ4v) is 4.40. The monoisotopic (exact) mass is 422 g/mol. The number of fused-ring (bicyclic) bond motifs is 1. The first kappa shape index (κ1) is 18.9. The largest absolute Gasteiger partial charge is 0.454 e. The minimum atomic E-state index is -0.0969. The molecule has 8 heteroatoms. The third-order valence-corrected chi connectivity index (χ3v) is 5.75. The molecule has 0 spiro atoms. The van der Waals surface area contributed by atoms with E-state index >= 15 is 0 Å². The fourth-order valence-electron chi connectivity index (χ4n) is 4.06. The summed E-state index contributed by atoms with van der Waals surface area (Å²) in [4.78, 5) is 6.74. The number of aromatic nitrogens is 2. The van der Waals surface area contributed by atoms with Crippen molar-refractivity contribution in [3.05, 3.63) is 72.3 Å². The van der Waals surface area contributed by atoms with Gasteiger partial charge in [0.2, 0.25) is 6.79 Å². The Balaban J connectivity index is 1.60. The number of rotatable bonds is 6. The first-order valence-corrected chi connectivity index (χ1v) is 10.2. The van der Waals surface area contributed by atoms with Gasteiger partial charge in [0.15, 0.2) is 16.6 Å². The van der Waals surface area contributed by atoms with Gasteiger partial charge in [0, 0.05) is 43.5 Å². The van der Waals surface area contributed by atoms with E-state index in [2.05, 4.69) is 38.1 Å². The van der Waals surface area contributed by atoms with Crippen LogP contribution in [0.1, 0.15) is 23.5 Å². The normalized spacial score (nSPS) is 19.9. The Morgan fingerprint density at radius 1 is 1.17 bits per heavy atom. The Hall–Kier alpha value is -3.10. The van der Waals surface area contributed by atoms with Crippen LogP contribution in [0.3, 0.4) is 0 Å². The molecule has 2 aromatic heterocycles. The number of nitrogens with zero attached hydrogens (tertiary/aromatic N) is 3. The van der Waals surface area contributed by atoms with E-state index in [0.717, 1.165) is 35.1 Å². The van der Waals surface area contributed by atoms with Gasteiger partial charge in [-0.1, -0.05) is 6.07 Å². The molecular weight excluding hydrogens is 400 g/mol. The van der Waals surface area contributed by atoms with Gasteiger partial charge in [-0.3, -0.25) is 4.98 Å². The zero-order chi connectivity index (χ0) is 20.5. The van der Waals surface area contributed by atoms with Crippen molar-refractivity contribution in [3.63, 3.8) is 0 Å². The third kappa shape index (κ3) is 3.28. The van der Waals surface area contributed by atoms with Gasteiger partial charge in [-0.15, -0.1) is 0 Å². The molecule has 1 N–H and O–H groups in total. The average Bonchev–Trinajstić information content (AvgIpc) is 3.50. The minimum Gasteiger partial charge on any atom is -0.454 e. The number of methoxy groups -OCH3 is 1. The van der Waals surface area contributed by atoms with Crippen LogP contribution in [-0.4, -0.2) is 35.2 Å². The zero-order valence-electron chi connectivity index (χ0n) is 16.5. The molecular formula is C22H22N4O3S. The van der Waals surface area contributed by atoms with Crippen molar-refractivity contribution in [2.24, 2.45) is 0 Å². The van der Waals surface area contributed by atoms with E-state index in [1.165, 1.54) is 0 Å². The maximum Gasteiger partial charge on any atom is 0.231 e. The lowest BCUT2D eigenvalue weighted by Gasteiger charge is -2.29. The lowest BCUT2D eigenvalue weighted by atomic mass is 10.0. The molecule has 0 amide bonds. The molecule has 4 heterocycles. The van der Waals surface area contributed by atoms with Gasteiger partial charge < -0.3 is 29.0 Å². The molecule has 30 heavy (non-hydrogen) atoms. The number of hydrogen-bond donors (Lipinski definition) is 1. The van der Waals surface area contributed by atoms with Crippen molar-refractivity contribution < 1.29 is 14.2 Å². The molecule has 154 valence electrons. The van der Waals surface area contributed by atoms with E-state index in [1.807, 2.05) is 42.6 Å². The maximum absolute atomic E-state index is 5.79. The van der Waals surface area contributed by atoms with E-state index < -0.39 is 0 Å². The van der Waals surface area contributed by atoms with Crippen LogP contribution >= 0.6 is 12.2 Å². The quantitative estimate of drug-likeness (QED) is 0.611. The molecule has 1 saturated heterocycles. The number of benzene rings is 1. The molecule has 5 rings (SSSR count). The number of thiocarbonyl (C=S) groups is 1. The van der Waals surface area contributed by atoms with Crippen LogP contribution in [0.15, 0.2) is 60.9 Å². The van der Waals surface area contributed by atoms with Crippen molar-refractivity contribution in [1.82, 2.24) is 14.9 Å². The van der Waals surface area contributed by atoms with Crippen LogP contribution in [0.5, 0.6) is 11.5 Å². The second kappa shape index (κ2) is 7.97. The molecule has 0 unspecified atom stereocenters. The summed E-state index contributed by atoms with van der Waals surface area (Å²) in [6, 6.07) is 15.9. The van der Waals surface area contributed by atoms with Crippen LogP contribution in [0.4, 0.5) is 5.69 Å². The molecule has 3 aromatic rings. The highest BCUT2D eigenvalue weighted by Crippen LogP contribution is 2.44. The van der Waals surface area contributed by atoms with Crippen LogP contribution in [0, 0.1) is 0 Å². The predicted octanol–water partition coefficient (Wildman–Crippen LogP) is 3.44. The van der Waals surface area contributed by atoms with Crippen molar-refractivity contribution >= 4 is 23.0 Å². The summed E-state index contributed by atoms with van der Waals surface area (Å²) in [5, 5.41) is 4.13. The van der Waals surface area contributed by atoms with E-state index in [-0.39, 0.29) is 18.9 Å². The highest BCUT2D eigenvalue weighted by Gasteiger charge is 2.42. The van der Waals surface area contributed by atoms with Crippen LogP contribution in [-0.2, 0) is 11.3 Å². The molecule has 2 aliphatic rings. The van der Waals surface area contributed by atoms with Crippen LogP contribution in [0.2, 0.25) is 0 Å². The first-order valence-electron chi connectivity index (χ1n) is 9.80. The van der Waals surface area contributed by atoms with Gasteiger partial charge in [0.1, 0.15) is 6.04 Å². The molecule has 1 fully saturated rings. The maximum atomic E-state index is 5.79. The van der Waals surface area contributed by atoms with Crippen LogP contribution in [0.25, 0.3) is 0 Å². The van der Waals surface area contributed by atoms with Gasteiger partial charge in [-0.05, 0) is 48.6 Å². The summed E-state index contributed by atoms with van der Waals surface area (Å²) in [7, 11) is 1.71. The summed E-state index contributed by atoms with van der Waals surface area (Å²) in [5.41, 5.74) is 3.01. The Labute approximate surface area is 180 Å². The van der Waals surface area contributed by atoms with E-state index in [0.29, 0.717) is 11.7 Å². The fraction of sp³-hybridized carbons (Fsp3) is 0.273. The van der Waals surface area contributed by atoms with Crippen molar-refractivity contribution in [1.29, 1.82) is 0 Å². The lowest BCUT2D eigenvalue weighted by molar-refractivity contribution is 0.174. The van der Waals surface area contributed by atoms with Gasteiger partial charge in [-0.25, -0.2) is 0 Å². The summed E-state index contributed by atoms with van der Waals surface area (Å²) in [6.07, 6.45) is 3.88. The smallest absolute Gasteiger partial charge is 0.231 e. The van der Waals surface area contributed by atoms with Crippen molar-refractivity contribution in [2.75, 3.05) is 25.4 Å². The number of anilines is 1. The minimum absolute atomic E-state index is 0.0837. The van der Waals surface area contributed by atoms with Crippen molar-refractivity contribution in [3.8, 4) is 11.5 Å². The Morgan fingerprint density at radius 2 is 2.07 bits per heavy atom. The van der Waals surface area contributed by atoms with E-state index in [1.54, 1.807) is 7.11 Å². The third-order valence-electron chi connectivity index (χ3n) is 5.44. The summed E-state index contributed by atoms with van der Waals surface area (Å²) >= 11 is 5.79. The SMILES string of the molecule is COCCn1cccc1[C@H]1[C@@H](c2ccccn2)NC(=S)N1c1ccc2c(c1)OCO2. The van der Waals surface area contributed by atoms with Gasteiger partial charge >= 0.3 is 0 Å². The highest BCUT2D eigenvalue weighted by molar-refractivity contribution is 7.80. The topological polar surface area (TPSA) is 60.8 Å². The zero-order valence-corrected chi connectivity index (χ0v) is 17.3. The summed E-state index contributed by atoms with van der Waals surface area (Å²) in [6.45, 7) is 1.62. The first-order chi connectivity index (χ1) is 14.8. The van der Waals surface area contributed by atoms with E-state index in [4.69, 9.17) is 26.4 Å². The summed E-state index contributed by atoms with van der Waals surface area (Å²) < 4.78 is 18.6. The Kier molecular flexibility index (Phi) is 5.02. The van der Waals surface area contributed by atoms with Gasteiger partial charge in [-0.2, -0.15) is 0 Å². The second-order valence-corrected chi connectivity index (χ2v) is 7.54.